The van der Waals surface area contributed by atoms with Gasteiger partial charge in [-0.25, -0.2) is 0 Å². The SMILES string of the molecule is CCCCCCCCCCCC(=O)OCCN1C(=O)[C@@H]2[C@@H]3C(C(O)(c4ccccc4)c4ccccn4)=C[C@@H](C3=C(c3ccccc3)c3ccccn3)[C@@H]2C1=O. The Kier molecular flexibility index (Phi) is 12.1. The van der Waals surface area contributed by atoms with Gasteiger partial charge >= 0.3 is 5.97 Å². The van der Waals surface area contributed by atoms with Crippen LogP contribution in [-0.2, 0) is 24.7 Å². The summed E-state index contributed by atoms with van der Waals surface area (Å²) in [7, 11) is 0. The van der Waals surface area contributed by atoms with Gasteiger partial charge in [0.15, 0.2) is 5.60 Å². The first-order valence-corrected chi connectivity index (χ1v) is 20.1. The van der Waals surface area contributed by atoms with E-state index in [1.165, 1.54) is 43.4 Å². The number of carbonyl (C=O) groups excluding carboxylic acids is 3. The van der Waals surface area contributed by atoms with E-state index in [0.717, 1.165) is 41.7 Å². The fourth-order valence-electron chi connectivity index (χ4n) is 9.04. The number of hydrogen-bond donors (Lipinski definition) is 1. The maximum Gasteiger partial charge on any atom is 0.305 e. The second-order valence-corrected chi connectivity index (χ2v) is 15.0. The molecular weight excluding hydrogens is 687 g/mol. The fourth-order valence-corrected chi connectivity index (χ4v) is 9.04. The quantitative estimate of drug-likeness (QED) is 0.0472. The number of fused-ring (bicyclic) bond motifs is 5. The molecular formula is C47H51N3O5. The van der Waals surface area contributed by atoms with E-state index in [1.807, 2.05) is 91.0 Å². The number of imide groups is 1. The van der Waals surface area contributed by atoms with E-state index in [0.29, 0.717) is 23.3 Å². The van der Waals surface area contributed by atoms with Crippen LogP contribution in [0.25, 0.3) is 5.57 Å². The predicted octanol–water partition coefficient (Wildman–Crippen LogP) is 8.47. The molecule has 1 aliphatic heterocycles. The summed E-state index contributed by atoms with van der Waals surface area (Å²) < 4.78 is 5.57. The molecule has 3 aliphatic rings. The van der Waals surface area contributed by atoms with Crippen LogP contribution < -0.4 is 0 Å². The third kappa shape index (κ3) is 7.70. The highest BCUT2D eigenvalue weighted by molar-refractivity contribution is 6.08. The number of aromatic nitrogens is 2. The molecule has 4 aromatic rings. The number of rotatable bonds is 18. The summed E-state index contributed by atoms with van der Waals surface area (Å²) in [5.41, 5.74) is 3.38. The van der Waals surface area contributed by atoms with Crippen molar-refractivity contribution >= 4 is 23.4 Å². The molecule has 2 bridgehead atoms. The number of benzene rings is 2. The number of likely N-dealkylation sites (tertiary alicyclic amines) is 1. The summed E-state index contributed by atoms with van der Waals surface area (Å²) in [4.78, 5) is 52.3. The van der Waals surface area contributed by atoms with E-state index >= 15 is 0 Å². The maximum absolute atomic E-state index is 14.6. The molecule has 0 spiro atoms. The van der Waals surface area contributed by atoms with Crippen molar-refractivity contribution in [2.24, 2.45) is 23.7 Å². The number of esters is 1. The Morgan fingerprint density at radius 2 is 1.36 bits per heavy atom. The molecule has 5 atom stereocenters. The lowest BCUT2D eigenvalue weighted by Gasteiger charge is -2.36. The first-order chi connectivity index (χ1) is 26.9. The van der Waals surface area contributed by atoms with Gasteiger partial charge in [-0.2, -0.15) is 0 Å². The number of unbranched alkanes of at least 4 members (excludes halogenated alkanes) is 8. The van der Waals surface area contributed by atoms with Gasteiger partial charge in [0.05, 0.1) is 29.8 Å². The zero-order valence-electron chi connectivity index (χ0n) is 31.7. The van der Waals surface area contributed by atoms with Crippen molar-refractivity contribution in [1.82, 2.24) is 14.9 Å². The van der Waals surface area contributed by atoms with E-state index in [2.05, 4.69) is 11.9 Å². The average Bonchev–Trinajstić information content (AvgIpc) is 3.84. The third-order valence-corrected chi connectivity index (χ3v) is 11.6. The first-order valence-electron chi connectivity index (χ1n) is 20.1. The number of amides is 2. The highest BCUT2D eigenvalue weighted by atomic mass is 16.5. The Morgan fingerprint density at radius 3 is 2.02 bits per heavy atom. The summed E-state index contributed by atoms with van der Waals surface area (Å²) in [5, 5.41) is 13.1. The number of aliphatic hydroxyl groups is 1. The monoisotopic (exact) mass is 737 g/mol. The molecule has 2 aliphatic carbocycles. The molecule has 8 nitrogen and oxygen atoms in total. The van der Waals surface area contributed by atoms with Gasteiger partial charge in [-0.3, -0.25) is 29.3 Å². The highest BCUT2D eigenvalue weighted by Gasteiger charge is 2.66. The summed E-state index contributed by atoms with van der Waals surface area (Å²) in [6, 6.07) is 30.5. The van der Waals surface area contributed by atoms with Crippen molar-refractivity contribution in [3.8, 4) is 0 Å². The number of allylic oxidation sites excluding steroid dienone is 2. The van der Waals surface area contributed by atoms with Crippen LogP contribution in [0.1, 0.15) is 93.6 Å². The molecule has 7 rings (SSSR count). The van der Waals surface area contributed by atoms with Crippen LogP contribution in [0, 0.1) is 23.7 Å². The van der Waals surface area contributed by atoms with Crippen molar-refractivity contribution in [3.63, 3.8) is 0 Å². The van der Waals surface area contributed by atoms with E-state index < -0.39 is 29.3 Å². The summed E-state index contributed by atoms with van der Waals surface area (Å²) in [6.45, 7) is 2.17. The minimum Gasteiger partial charge on any atom is -0.464 e. The van der Waals surface area contributed by atoms with Crippen molar-refractivity contribution in [1.29, 1.82) is 0 Å². The van der Waals surface area contributed by atoms with Crippen LogP contribution in [0.2, 0.25) is 0 Å². The van der Waals surface area contributed by atoms with Crippen LogP contribution in [0.4, 0.5) is 0 Å². The molecule has 1 saturated carbocycles. The first kappa shape index (κ1) is 38.1. The Morgan fingerprint density at radius 1 is 0.745 bits per heavy atom. The molecule has 2 aromatic carbocycles. The predicted molar refractivity (Wildman–Crippen MR) is 212 cm³/mol. The maximum atomic E-state index is 14.6. The van der Waals surface area contributed by atoms with E-state index in [-0.39, 0.29) is 30.9 Å². The van der Waals surface area contributed by atoms with Crippen molar-refractivity contribution in [2.75, 3.05) is 13.2 Å². The van der Waals surface area contributed by atoms with Gasteiger partial charge in [0, 0.05) is 36.2 Å². The smallest absolute Gasteiger partial charge is 0.305 e. The topological polar surface area (TPSA) is 110 Å². The van der Waals surface area contributed by atoms with Gasteiger partial charge in [-0.1, -0.05) is 137 Å². The number of pyridine rings is 2. The highest BCUT2D eigenvalue weighted by Crippen LogP contribution is 2.64. The number of hydrogen-bond acceptors (Lipinski definition) is 7. The molecule has 3 heterocycles. The van der Waals surface area contributed by atoms with E-state index in [4.69, 9.17) is 9.72 Å². The van der Waals surface area contributed by atoms with Crippen molar-refractivity contribution in [2.45, 2.75) is 76.7 Å². The largest absolute Gasteiger partial charge is 0.464 e. The zero-order valence-corrected chi connectivity index (χ0v) is 31.7. The van der Waals surface area contributed by atoms with Crippen molar-refractivity contribution in [3.05, 3.63) is 149 Å². The minimum absolute atomic E-state index is 0.00301. The summed E-state index contributed by atoms with van der Waals surface area (Å²) in [6.07, 6.45) is 16.1. The Balaban J connectivity index is 1.16. The lowest BCUT2D eigenvalue weighted by molar-refractivity contribution is -0.148. The van der Waals surface area contributed by atoms with Crippen LogP contribution in [0.3, 0.4) is 0 Å². The standard InChI is InChI=1S/C47H51N3O5/c1-2-3-4-5-6-7-8-9-16-27-39(51)55-31-30-50-45(52)42-35-32-36(47(54,34-23-14-11-15-24-34)38-26-18-20-29-49-38)43(44(42)46(50)53)41(35)40(33-21-12-10-13-22-33)37-25-17-19-28-48-37/h10-15,17-26,28-29,32,35,42-44,54H,2-9,16,27,30-31H2,1H3/t35-,42-,43+,44-,47?/m0/s1. The van der Waals surface area contributed by atoms with Gasteiger partial charge in [-0.05, 0) is 53.0 Å². The Hall–Kier alpha value is -5.21. The summed E-state index contributed by atoms with van der Waals surface area (Å²) >= 11 is 0. The average molecular weight is 738 g/mol. The third-order valence-electron chi connectivity index (χ3n) is 11.6. The molecule has 0 radical (unpaired) electrons. The number of ether oxygens (including phenoxy) is 1. The second-order valence-electron chi connectivity index (χ2n) is 15.0. The lowest BCUT2D eigenvalue weighted by Crippen LogP contribution is -2.39. The van der Waals surface area contributed by atoms with Crippen molar-refractivity contribution < 1.29 is 24.2 Å². The fraction of sp³-hybridized carbons (Fsp3) is 0.383. The molecule has 8 heteroatoms. The van der Waals surface area contributed by atoms with Gasteiger partial charge in [0.25, 0.3) is 0 Å². The zero-order chi connectivity index (χ0) is 38.2. The van der Waals surface area contributed by atoms with Gasteiger partial charge in [0.1, 0.15) is 6.61 Å². The van der Waals surface area contributed by atoms with E-state index in [9.17, 15) is 19.5 Å². The number of nitrogens with zero attached hydrogens (tertiary/aromatic N) is 3. The van der Waals surface area contributed by atoms with Crippen LogP contribution >= 0.6 is 0 Å². The Labute approximate surface area is 324 Å². The van der Waals surface area contributed by atoms with Gasteiger partial charge in [0.2, 0.25) is 11.8 Å². The van der Waals surface area contributed by atoms with Gasteiger partial charge in [-0.15, -0.1) is 0 Å². The molecule has 1 unspecified atom stereocenters. The Bertz CT molecular complexity index is 1920. The van der Waals surface area contributed by atoms with Crippen LogP contribution in [0.15, 0.2) is 127 Å². The molecule has 1 saturated heterocycles. The van der Waals surface area contributed by atoms with E-state index in [1.54, 1.807) is 24.5 Å². The molecule has 2 amide bonds. The minimum atomic E-state index is -1.69. The van der Waals surface area contributed by atoms with Gasteiger partial charge < -0.3 is 9.84 Å². The van der Waals surface area contributed by atoms with Crippen LogP contribution in [0.5, 0.6) is 0 Å². The summed E-state index contributed by atoms with van der Waals surface area (Å²) in [5.74, 6) is -3.44. The molecule has 2 aromatic heterocycles. The van der Waals surface area contributed by atoms with Crippen LogP contribution in [-0.4, -0.2) is 50.9 Å². The molecule has 284 valence electrons. The molecule has 1 N–H and O–H groups in total. The lowest BCUT2D eigenvalue weighted by atomic mass is 9.71. The number of carbonyl (C=O) groups is 3. The normalized spacial score (nSPS) is 22.0. The second kappa shape index (κ2) is 17.5. The molecule has 55 heavy (non-hydrogen) atoms. The molecule has 2 fully saturated rings.